The van der Waals surface area contributed by atoms with E-state index >= 15 is 0 Å². The van der Waals surface area contributed by atoms with E-state index in [0.717, 1.165) is 11.6 Å². The molecule has 5 heteroatoms. The average Bonchev–Trinajstić information content (AvgIpc) is 2.44. The van der Waals surface area contributed by atoms with E-state index in [1.54, 1.807) is 25.2 Å². The third-order valence-electron chi connectivity index (χ3n) is 3.36. The van der Waals surface area contributed by atoms with Gasteiger partial charge >= 0.3 is 0 Å². The van der Waals surface area contributed by atoms with Gasteiger partial charge < -0.3 is 5.32 Å². The van der Waals surface area contributed by atoms with Crippen molar-refractivity contribution in [2.75, 3.05) is 7.05 Å². The Balaban J connectivity index is 2.14. The smallest absolute Gasteiger partial charge is 0.129 e. The molecule has 0 fully saturated rings. The fourth-order valence-electron chi connectivity index (χ4n) is 2.19. The highest BCUT2D eigenvalue weighted by Crippen LogP contribution is 2.23. The van der Waals surface area contributed by atoms with Crippen LogP contribution in [0.25, 0.3) is 0 Å². The molecule has 0 aliphatic heterocycles. The summed E-state index contributed by atoms with van der Waals surface area (Å²) in [5.74, 6) is -1.11. The van der Waals surface area contributed by atoms with Crippen molar-refractivity contribution in [2.45, 2.75) is 18.9 Å². The fourth-order valence-corrected chi connectivity index (χ4v) is 2.58. The minimum atomic E-state index is -0.574. The average molecular weight is 330 g/mol. The van der Waals surface area contributed by atoms with Gasteiger partial charge in [0, 0.05) is 22.2 Å². The number of likely N-dealkylation sites (N-methyl/N-ethyl adjacent to an activating group) is 1. The summed E-state index contributed by atoms with van der Waals surface area (Å²) in [5.41, 5.74) is 1.36. The highest BCUT2D eigenvalue weighted by molar-refractivity contribution is 6.33. The molecule has 0 aliphatic rings. The van der Waals surface area contributed by atoms with Crippen LogP contribution in [-0.4, -0.2) is 13.1 Å². The van der Waals surface area contributed by atoms with Crippen LogP contribution in [0.15, 0.2) is 36.4 Å². The Morgan fingerprint density at radius 3 is 2.38 bits per heavy atom. The van der Waals surface area contributed by atoms with Crippen LogP contribution >= 0.6 is 23.2 Å². The Hall–Kier alpha value is -1.16. The van der Waals surface area contributed by atoms with Crippen LogP contribution in [-0.2, 0) is 12.8 Å². The number of hydrogen-bond acceptors (Lipinski definition) is 1. The highest BCUT2D eigenvalue weighted by Gasteiger charge is 2.14. The molecule has 0 spiro atoms. The Morgan fingerprint density at radius 1 is 1.00 bits per heavy atom. The molecule has 0 saturated heterocycles. The molecule has 112 valence electrons. The first-order chi connectivity index (χ1) is 9.99. The number of halogens is 4. The summed E-state index contributed by atoms with van der Waals surface area (Å²) in [6.45, 7) is 0. The summed E-state index contributed by atoms with van der Waals surface area (Å²) in [6.07, 6.45) is 1.04. The Kier molecular flexibility index (Phi) is 5.57. The molecule has 1 atom stereocenters. The number of nitrogens with one attached hydrogen (secondary N) is 1. The molecule has 1 N–H and O–H groups in total. The molecular formula is C16H15Cl2F2N. The first-order valence-corrected chi connectivity index (χ1v) is 7.30. The van der Waals surface area contributed by atoms with Gasteiger partial charge in [0.05, 0.1) is 0 Å². The maximum absolute atomic E-state index is 13.7. The van der Waals surface area contributed by atoms with Gasteiger partial charge in [-0.2, -0.15) is 0 Å². The van der Waals surface area contributed by atoms with E-state index in [0.29, 0.717) is 28.5 Å². The summed E-state index contributed by atoms with van der Waals surface area (Å²) < 4.78 is 26.6. The normalized spacial score (nSPS) is 12.4. The Labute approximate surface area is 132 Å². The quantitative estimate of drug-likeness (QED) is 0.842. The van der Waals surface area contributed by atoms with Gasteiger partial charge in [0.2, 0.25) is 0 Å². The molecule has 0 aromatic heterocycles. The molecular weight excluding hydrogens is 315 g/mol. The largest absolute Gasteiger partial charge is 0.316 e. The van der Waals surface area contributed by atoms with Crippen molar-refractivity contribution in [1.82, 2.24) is 5.32 Å². The van der Waals surface area contributed by atoms with E-state index < -0.39 is 11.6 Å². The van der Waals surface area contributed by atoms with Crippen LogP contribution in [0.3, 0.4) is 0 Å². The lowest BCUT2D eigenvalue weighted by Crippen LogP contribution is -2.30. The molecule has 0 saturated carbocycles. The summed E-state index contributed by atoms with van der Waals surface area (Å²) in [4.78, 5) is 0. The molecule has 1 unspecified atom stereocenters. The van der Waals surface area contributed by atoms with E-state index in [1.807, 2.05) is 0 Å². The van der Waals surface area contributed by atoms with Crippen molar-refractivity contribution in [1.29, 1.82) is 0 Å². The van der Waals surface area contributed by atoms with Crippen molar-refractivity contribution >= 4 is 23.2 Å². The van der Waals surface area contributed by atoms with Gasteiger partial charge in [-0.1, -0.05) is 29.3 Å². The highest BCUT2D eigenvalue weighted by atomic mass is 35.5. The molecule has 0 aliphatic carbocycles. The molecule has 2 rings (SSSR count). The standard InChI is InChI=1S/C16H15Cl2F2N/c1-21-14(7-10-2-4-13(19)9-16(10)20)8-11-6-12(17)3-5-15(11)18/h2-6,9,14,21H,7-8H2,1H3. The van der Waals surface area contributed by atoms with Crippen LogP contribution in [0.2, 0.25) is 10.0 Å². The zero-order valence-electron chi connectivity index (χ0n) is 11.5. The first kappa shape index (κ1) is 16.2. The lowest BCUT2D eigenvalue weighted by Gasteiger charge is -2.18. The van der Waals surface area contributed by atoms with Gasteiger partial charge in [-0.3, -0.25) is 0 Å². The summed E-state index contributed by atoms with van der Waals surface area (Å²) >= 11 is 12.1. The summed E-state index contributed by atoms with van der Waals surface area (Å²) in [5, 5.41) is 4.36. The SMILES string of the molecule is CNC(Cc1ccc(F)cc1F)Cc1cc(Cl)ccc1Cl. The topological polar surface area (TPSA) is 12.0 Å². The zero-order valence-corrected chi connectivity index (χ0v) is 13.0. The second-order valence-corrected chi connectivity index (χ2v) is 5.71. The van der Waals surface area contributed by atoms with Crippen molar-refractivity contribution in [2.24, 2.45) is 0 Å². The molecule has 2 aromatic rings. The molecule has 2 aromatic carbocycles. The van der Waals surface area contributed by atoms with Crippen LogP contribution in [0.5, 0.6) is 0 Å². The molecule has 0 amide bonds. The molecule has 21 heavy (non-hydrogen) atoms. The van der Waals surface area contributed by atoms with E-state index in [2.05, 4.69) is 5.32 Å². The molecule has 0 bridgehead atoms. The zero-order chi connectivity index (χ0) is 15.4. The van der Waals surface area contributed by atoms with Gasteiger partial charge in [0.1, 0.15) is 11.6 Å². The van der Waals surface area contributed by atoms with Crippen LogP contribution in [0.4, 0.5) is 8.78 Å². The minimum absolute atomic E-state index is 0.0269. The van der Waals surface area contributed by atoms with Gasteiger partial charge in [-0.15, -0.1) is 0 Å². The lowest BCUT2D eigenvalue weighted by atomic mass is 9.98. The van der Waals surface area contributed by atoms with Crippen molar-refractivity contribution < 1.29 is 8.78 Å². The third-order valence-corrected chi connectivity index (χ3v) is 3.97. The second-order valence-electron chi connectivity index (χ2n) is 4.87. The van der Waals surface area contributed by atoms with Crippen molar-refractivity contribution in [3.63, 3.8) is 0 Å². The Bertz CT molecular complexity index is 632. The molecule has 0 heterocycles. The summed E-state index contributed by atoms with van der Waals surface area (Å²) in [6, 6.07) is 8.86. The van der Waals surface area contributed by atoms with Gasteiger partial charge in [-0.05, 0) is 55.3 Å². The van der Waals surface area contributed by atoms with E-state index in [1.165, 1.54) is 12.1 Å². The summed E-state index contributed by atoms with van der Waals surface area (Å²) in [7, 11) is 1.80. The monoisotopic (exact) mass is 329 g/mol. The Morgan fingerprint density at radius 2 is 1.71 bits per heavy atom. The van der Waals surface area contributed by atoms with Crippen molar-refractivity contribution in [3.05, 3.63) is 69.2 Å². The second kappa shape index (κ2) is 7.21. The first-order valence-electron chi connectivity index (χ1n) is 6.54. The third kappa shape index (κ3) is 4.40. The van der Waals surface area contributed by atoms with Crippen LogP contribution in [0.1, 0.15) is 11.1 Å². The molecule has 0 radical (unpaired) electrons. The van der Waals surface area contributed by atoms with E-state index in [4.69, 9.17) is 23.2 Å². The van der Waals surface area contributed by atoms with E-state index in [-0.39, 0.29) is 6.04 Å². The molecule has 1 nitrogen and oxygen atoms in total. The number of benzene rings is 2. The van der Waals surface area contributed by atoms with E-state index in [9.17, 15) is 8.78 Å². The predicted octanol–water partition coefficient (Wildman–Crippen LogP) is 4.64. The van der Waals surface area contributed by atoms with Crippen LogP contribution < -0.4 is 5.32 Å². The number of rotatable bonds is 5. The van der Waals surface area contributed by atoms with Gasteiger partial charge in [-0.25, -0.2) is 8.78 Å². The maximum Gasteiger partial charge on any atom is 0.129 e. The van der Waals surface area contributed by atoms with Gasteiger partial charge in [0.25, 0.3) is 0 Å². The van der Waals surface area contributed by atoms with Crippen LogP contribution in [0, 0.1) is 11.6 Å². The maximum atomic E-state index is 13.7. The van der Waals surface area contributed by atoms with Crippen molar-refractivity contribution in [3.8, 4) is 0 Å². The number of hydrogen-bond donors (Lipinski definition) is 1. The fraction of sp³-hybridized carbons (Fsp3) is 0.250. The van der Waals surface area contributed by atoms with Gasteiger partial charge in [0.15, 0.2) is 0 Å². The lowest BCUT2D eigenvalue weighted by molar-refractivity contribution is 0.524. The minimum Gasteiger partial charge on any atom is -0.316 e. The predicted molar refractivity (Wildman–Crippen MR) is 83.1 cm³/mol.